The summed E-state index contributed by atoms with van der Waals surface area (Å²) in [5.41, 5.74) is 6.40. The number of benzene rings is 1. The summed E-state index contributed by atoms with van der Waals surface area (Å²) in [6.07, 6.45) is 0. The molecule has 1 aromatic heterocycles. The Morgan fingerprint density at radius 2 is 2.06 bits per heavy atom. The van der Waals surface area contributed by atoms with Gasteiger partial charge in [0.2, 0.25) is 0 Å². The fourth-order valence-corrected chi connectivity index (χ4v) is 3.46. The molecule has 0 fully saturated rings. The zero-order valence-electron chi connectivity index (χ0n) is 9.94. The van der Waals surface area contributed by atoms with Gasteiger partial charge in [-0.05, 0) is 40.2 Å². The average Bonchev–Trinajstić information content (AvgIpc) is 2.77. The maximum absolute atomic E-state index is 13.8. The zero-order valence-corrected chi connectivity index (χ0v) is 12.3. The second kappa shape index (κ2) is 5.82. The molecule has 0 aliphatic heterocycles. The van der Waals surface area contributed by atoms with Gasteiger partial charge in [0.15, 0.2) is 0 Å². The van der Waals surface area contributed by atoms with Crippen LogP contribution in [-0.2, 0) is 0 Å². The first-order valence-corrected chi connectivity index (χ1v) is 7.17. The maximum Gasteiger partial charge on any atom is 0.146 e. The summed E-state index contributed by atoms with van der Waals surface area (Å²) in [6, 6.07) is 10.7. The fraction of sp³-hybridized carbons (Fsp3) is 0.231. The van der Waals surface area contributed by atoms with E-state index in [0.29, 0.717) is 12.2 Å². The van der Waals surface area contributed by atoms with Crippen LogP contribution in [0.5, 0.6) is 0 Å². The van der Waals surface area contributed by atoms with Crippen molar-refractivity contribution in [2.24, 2.45) is 5.73 Å². The molecule has 0 saturated heterocycles. The van der Waals surface area contributed by atoms with Crippen LogP contribution in [0.1, 0.15) is 10.9 Å². The van der Waals surface area contributed by atoms with Crippen LogP contribution in [0.15, 0.2) is 40.2 Å². The molecule has 0 bridgehead atoms. The molecule has 0 aliphatic carbocycles. The Labute approximate surface area is 118 Å². The molecule has 1 unspecified atom stereocenters. The number of thiophene rings is 1. The van der Waals surface area contributed by atoms with Gasteiger partial charge in [-0.3, -0.25) is 0 Å². The van der Waals surface area contributed by atoms with Crippen molar-refractivity contribution in [3.8, 4) is 0 Å². The molecule has 0 amide bonds. The van der Waals surface area contributed by atoms with Gasteiger partial charge in [0, 0.05) is 18.5 Å². The van der Waals surface area contributed by atoms with Crippen LogP contribution in [0.2, 0.25) is 0 Å². The summed E-state index contributed by atoms with van der Waals surface area (Å²) in [5, 5.41) is 0. The van der Waals surface area contributed by atoms with Gasteiger partial charge in [0.1, 0.15) is 5.82 Å². The van der Waals surface area contributed by atoms with Crippen molar-refractivity contribution < 1.29 is 4.39 Å². The molecular weight excluding hydrogens is 315 g/mol. The number of hydrogen-bond acceptors (Lipinski definition) is 3. The highest BCUT2D eigenvalue weighted by atomic mass is 79.9. The number of anilines is 1. The molecule has 5 heteroatoms. The number of nitrogens with zero attached hydrogens (tertiary/aromatic N) is 1. The third-order valence-corrected chi connectivity index (χ3v) is 4.57. The molecule has 0 aliphatic rings. The quantitative estimate of drug-likeness (QED) is 0.925. The van der Waals surface area contributed by atoms with E-state index >= 15 is 0 Å². The number of nitrogens with two attached hydrogens (primary N) is 1. The van der Waals surface area contributed by atoms with Crippen molar-refractivity contribution in [3.05, 3.63) is 50.9 Å². The highest BCUT2D eigenvalue weighted by Gasteiger charge is 2.19. The lowest BCUT2D eigenvalue weighted by Crippen LogP contribution is -2.30. The molecule has 2 rings (SSSR count). The van der Waals surface area contributed by atoms with Crippen LogP contribution in [0.25, 0.3) is 0 Å². The summed E-state index contributed by atoms with van der Waals surface area (Å²) in [6.45, 7) is 0.442. The van der Waals surface area contributed by atoms with E-state index in [9.17, 15) is 4.39 Å². The van der Waals surface area contributed by atoms with Crippen molar-refractivity contribution in [2.45, 2.75) is 6.04 Å². The minimum absolute atomic E-state index is 0.0156. The van der Waals surface area contributed by atoms with Gasteiger partial charge in [-0.25, -0.2) is 4.39 Å². The lowest BCUT2D eigenvalue weighted by atomic mass is 10.2. The molecule has 2 N–H and O–H groups in total. The van der Waals surface area contributed by atoms with Gasteiger partial charge < -0.3 is 10.6 Å². The molecule has 1 atom stereocenters. The molecule has 0 saturated carbocycles. The first-order chi connectivity index (χ1) is 8.63. The highest BCUT2D eigenvalue weighted by molar-refractivity contribution is 9.11. The Morgan fingerprint density at radius 3 is 2.61 bits per heavy atom. The monoisotopic (exact) mass is 328 g/mol. The number of para-hydroxylation sites is 1. The van der Waals surface area contributed by atoms with Crippen LogP contribution in [0.3, 0.4) is 0 Å². The zero-order chi connectivity index (χ0) is 13.1. The summed E-state index contributed by atoms with van der Waals surface area (Å²) in [5.74, 6) is -0.228. The average molecular weight is 329 g/mol. The normalized spacial score (nSPS) is 12.4. The van der Waals surface area contributed by atoms with Crippen molar-refractivity contribution in [1.82, 2.24) is 0 Å². The number of halogens is 2. The van der Waals surface area contributed by atoms with Gasteiger partial charge in [-0.15, -0.1) is 11.3 Å². The topological polar surface area (TPSA) is 29.3 Å². The van der Waals surface area contributed by atoms with Crippen molar-refractivity contribution in [2.75, 3.05) is 18.5 Å². The number of hydrogen-bond donors (Lipinski definition) is 1. The SMILES string of the molecule is CN(c1ccccc1F)C(CN)c1ccc(Br)s1. The lowest BCUT2D eigenvalue weighted by Gasteiger charge is -2.28. The summed E-state index contributed by atoms with van der Waals surface area (Å²) in [7, 11) is 1.86. The van der Waals surface area contributed by atoms with Gasteiger partial charge >= 0.3 is 0 Å². The minimum Gasteiger partial charge on any atom is -0.363 e. The van der Waals surface area contributed by atoms with E-state index in [1.165, 1.54) is 6.07 Å². The molecule has 1 aromatic carbocycles. The van der Waals surface area contributed by atoms with Gasteiger partial charge in [-0.1, -0.05) is 12.1 Å². The Hall–Kier alpha value is -0.910. The fourth-order valence-electron chi connectivity index (χ4n) is 1.88. The Morgan fingerprint density at radius 1 is 1.33 bits per heavy atom. The lowest BCUT2D eigenvalue weighted by molar-refractivity contribution is 0.605. The predicted octanol–water partition coefficient (Wildman–Crippen LogP) is 3.79. The van der Waals surface area contributed by atoms with Gasteiger partial charge in [0.25, 0.3) is 0 Å². The van der Waals surface area contributed by atoms with Crippen LogP contribution in [0, 0.1) is 5.82 Å². The molecule has 2 aromatic rings. The maximum atomic E-state index is 13.8. The third-order valence-electron chi connectivity index (χ3n) is 2.85. The van der Waals surface area contributed by atoms with E-state index < -0.39 is 0 Å². The summed E-state index contributed by atoms with van der Waals surface area (Å²) < 4.78 is 14.8. The highest BCUT2D eigenvalue weighted by Crippen LogP contribution is 2.32. The van der Waals surface area contributed by atoms with Crippen LogP contribution in [0.4, 0.5) is 10.1 Å². The second-order valence-electron chi connectivity index (χ2n) is 3.96. The second-order valence-corrected chi connectivity index (χ2v) is 6.45. The first kappa shape index (κ1) is 13.5. The van der Waals surface area contributed by atoms with E-state index in [0.717, 1.165) is 8.66 Å². The van der Waals surface area contributed by atoms with E-state index in [4.69, 9.17) is 5.73 Å². The van der Waals surface area contributed by atoms with Crippen LogP contribution < -0.4 is 10.6 Å². The number of likely N-dealkylation sites (N-methyl/N-ethyl adjacent to an activating group) is 1. The number of rotatable bonds is 4. The third kappa shape index (κ3) is 2.74. The van der Waals surface area contributed by atoms with E-state index in [1.54, 1.807) is 23.5 Å². The Kier molecular flexibility index (Phi) is 4.37. The molecule has 0 radical (unpaired) electrons. The van der Waals surface area contributed by atoms with E-state index in [-0.39, 0.29) is 11.9 Å². The molecule has 2 nitrogen and oxygen atoms in total. The Balaban J connectivity index is 2.31. The van der Waals surface area contributed by atoms with E-state index in [2.05, 4.69) is 15.9 Å². The van der Waals surface area contributed by atoms with Crippen LogP contribution >= 0.6 is 27.3 Å². The molecule has 96 valence electrons. The van der Waals surface area contributed by atoms with E-state index in [1.807, 2.05) is 30.1 Å². The smallest absolute Gasteiger partial charge is 0.146 e. The molecule has 18 heavy (non-hydrogen) atoms. The molecular formula is C13H14BrFN2S. The van der Waals surface area contributed by atoms with Crippen molar-refractivity contribution >= 4 is 33.0 Å². The van der Waals surface area contributed by atoms with Crippen LogP contribution in [-0.4, -0.2) is 13.6 Å². The van der Waals surface area contributed by atoms with Gasteiger partial charge in [-0.2, -0.15) is 0 Å². The van der Waals surface area contributed by atoms with Gasteiger partial charge in [0.05, 0.1) is 15.5 Å². The Bertz CT molecular complexity index is 529. The predicted molar refractivity (Wildman–Crippen MR) is 78.6 cm³/mol. The molecule has 1 heterocycles. The summed E-state index contributed by atoms with van der Waals surface area (Å²) >= 11 is 5.06. The van der Waals surface area contributed by atoms with Crippen molar-refractivity contribution in [3.63, 3.8) is 0 Å². The minimum atomic E-state index is -0.228. The first-order valence-electron chi connectivity index (χ1n) is 5.56. The van der Waals surface area contributed by atoms with Crippen molar-refractivity contribution in [1.29, 1.82) is 0 Å². The summed E-state index contributed by atoms with van der Waals surface area (Å²) in [4.78, 5) is 3.00. The molecule has 0 spiro atoms. The standard InChI is InChI=1S/C13H14BrFN2S/c1-17(10-5-3-2-4-9(10)15)11(8-16)12-6-7-13(14)18-12/h2-7,11H,8,16H2,1H3. The largest absolute Gasteiger partial charge is 0.363 e.